The smallest absolute Gasteiger partial charge is 0.281 e. The van der Waals surface area contributed by atoms with Crippen LogP contribution in [0.1, 0.15) is 48.3 Å². The number of hydrogen-bond acceptors (Lipinski definition) is 4. The second kappa shape index (κ2) is 7.57. The molecule has 0 saturated heterocycles. The van der Waals surface area contributed by atoms with Crippen molar-refractivity contribution < 1.29 is 13.6 Å². The lowest BCUT2D eigenvalue weighted by atomic mass is 9.91. The van der Waals surface area contributed by atoms with Gasteiger partial charge in [0.05, 0.1) is 0 Å². The summed E-state index contributed by atoms with van der Waals surface area (Å²) >= 11 is 0. The number of halogens is 2. The van der Waals surface area contributed by atoms with Gasteiger partial charge in [-0.3, -0.25) is 13.9 Å². The largest absolute Gasteiger partial charge is 0.368 e. The fourth-order valence-corrected chi connectivity index (χ4v) is 3.70. The van der Waals surface area contributed by atoms with E-state index >= 15 is 0 Å². The maximum Gasteiger partial charge on any atom is 0.281 e. The molecule has 148 valence electrons. The third-order valence-corrected chi connectivity index (χ3v) is 5.20. The van der Waals surface area contributed by atoms with E-state index in [-0.39, 0.29) is 23.7 Å². The highest BCUT2D eigenvalue weighted by Crippen LogP contribution is 2.25. The fraction of sp³-hybridized carbons (Fsp3) is 0.421. The second-order valence-corrected chi connectivity index (χ2v) is 7.11. The first kappa shape index (κ1) is 18.4. The predicted molar refractivity (Wildman–Crippen MR) is 100 cm³/mol. The number of pyridine rings is 1. The summed E-state index contributed by atoms with van der Waals surface area (Å²) < 4.78 is 29.1. The molecule has 0 aliphatic heterocycles. The van der Waals surface area contributed by atoms with Gasteiger partial charge >= 0.3 is 0 Å². The van der Waals surface area contributed by atoms with Crippen molar-refractivity contribution in [2.45, 2.75) is 44.2 Å². The number of fused-ring (bicyclic) bond motifs is 1. The van der Waals surface area contributed by atoms with E-state index in [1.807, 2.05) is 6.07 Å². The van der Waals surface area contributed by atoms with Gasteiger partial charge in [-0.15, -0.1) is 0 Å². The summed E-state index contributed by atoms with van der Waals surface area (Å²) in [5.74, 6) is 0.637. The monoisotopic (exact) mass is 388 g/mol. The number of rotatable bonds is 5. The topological polar surface area (TPSA) is 76.2 Å². The van der Waals surface area contributed by atoms with Crippen LogP contribution in [0.4, 0.5) is 14.6 Å². The third kappa shape index (κ3) is 3.69. The average molecular weight is 388 g/mol. The zero-order chi connectivity index (χ0) is 19.7. The number of amides is 1. The van der Waals surface area contributed by atoms with Crippen LogP contribution in [0.3, 0.4) is 0 Å². The van der Waals surface area contributed by atoms with E-state index < -0.39 is 6.43 Å². The molecule has 0 radical (unpaired) electrons. The molecule has 4 rings (SSSR count). The van der Waals surface area contributed by atoms with Crippen molar-refractivity contribution in [2.24, 2.45) is 7.05 Å². The highest BCUT2D eigenvalue weighted by molar-refractivity contribution is 5.92. The van der Waals surface area contributed by atoms with Gasteiger partial charge in [0.1, 0.15) is 22.9 Å². The first-order valence-corrected chi connectivity index (χ1v) is 9.33. The number of hydrogen-bond donors (Lipinski definition) is 2. The number of aryl methyl sites for hydroxylation is 1. The van der Waals surface area contributed by atoms with Crippen molar-refractivity contribution in [3.05, 3.63) is 48.0 Å². The van der Waals surface area contributed by atoms with E-state index in [4.69, 9.17) is 0 Å². The minimum absolute atomic E-state index is 0.112. The first-order valence-electron chi connectivity index (χ1n) is 9.33. The standard InChI is InChI=1S/C19H22F2N6O/c1-26-15(9-10-22-26)19(28)24-13-7-5-12(6-8-13)23-16-3-2-4-17-25-14(18(20)21)11-27(16)17/h2-4,9-13,18,23H,5-8H2,1H3,(H,24,28)/t12-,13+. The molecule has 28 heavy (non-hydrogen) atoms. The third-order valence-electron chi connectivity index (χ3n) is 5.20. The first-order chi connectivity index (χ1) is 13.5. The van der Waals surface area contributed by atoms with Crippen molar-refractivity contribution in [2.75, 3.05) is 5.32 Å². The van der Waals surface area contributed by atoms with Crippen molar-refractivity contribution in [3.8, 4) is 0 Å². The summed E-state index contributed by atoms with van der Waals surface area (Å²) in [6, 6.07) is 7.41. The van der Waals surface area contributed by atoms with Crippen molar-refractivity contribution in [3.63, 3.8) is 0 Å². The molecule has 3 aromatic heterocycles. The lowest BCUT2D eigenvalue weighted by molar-refractivity contribution is 0.0917. The molecule has 9 heteroatoms. The number of imidazole rings is 1. The molecule has 2 N–H and O–H groups in total. The maximum atomic E-state index is 12.9. The van der Waals surface area contributed by atoms with Gasteiger partial charge in [-0.1, -0.05) is 6.07 Å². The second-order valence-electron chi connectivity index (χ2n) is 7.11. The quantitative estimate of drug-likeness (QED) is 0.704. The number of carbonyl (C=O) groups excluding carboxylic acids is 1. The highest BCUT2D eigenvalue weighted by Gasteiger charge is 2.24. The summed E-state index contributed by atoms with van der Waals surface area (Å²) in [7, 11) is 1.74. The van der Waals surface area contributed by atoms with E-state index in [0.29, 0.717) is 11.3 Å². The van der Waals surface area contributed by atoms with Crippen LogP contribution < -0.4 is 10.6 Å². The maximum absolute atomic E-state index is 12.9. The SMILES string of the molecule is Cn1nccc1C(=O)N[C@H]1CC[C@@H](Nc2cccc3nc(C(F)F)cn23)CC1. The van der Waals surface area contributed by atoms with Crippen LogP contribution in [-0.2, 0) is 7.05 Å². The molecule has 1 aliphatic rings. The molecule has 7 nitrogen and oxygen atoms in total. The van der Waals surface area contributed by atoms with Gasteiger partial charge in [-0.2, -0.15) is 5.10 Å². The lowest BCUT2D eigenvalue weighted by Gasteiger charge is -2.30. The van der Waals surface area contributed by atoms with E-state index in [9.17, 15) is 13.6 Å². The zero-order valence-corrected chi connectivity index (χ0v) is 15.5. The van der Waals surface area contributed by atoms with Gasteiger partial charge in [-0.25, -0.2) is 13.8 Å². The number of alkyl halides is 2. The van der Waals surface area contributed by atoms with E-state index in [1.165, 1.54) is 6.20 Å². The van der Waals surface area contributed by atoms with Gasteiger partial charge in [-0.05, 0) is 43.9 Å². The van der Waals surface area contributed by atoms with Gasteiger partial charge in [0.25, 0.3) is 12.3 Å². The van der Waals surface area contributed by atoms with E-state index in [1.54, 1.807) is 40.5 Å². The fourth-order valence-electron chi connectivity index (χ4n) is 3.70. The number of carbonyl (C=O) groups is 1. The van der Waals surface area contributed by atoms with Crippen LogP contribution in [0.25, 0.3) is 5.65 Å². The van der Waals surface area contributed by atoms with Gasteiger partial charge in [0.2, 0.25) is 0 Å². The van der Waals surface area contributed by atoms with Crippen molar-refractivity contribution in [1.29, 1.82) is 0 Å². The number of nitrogens with one attached hydrogen (secondary N) is 2. The Kier molecular flexibility index (Phi) is 4.97. The van der Waals surface area contributed by atoms with Crippen molar-refractivity contribution in [1.82, 2.24) is 24.5 Å². The molecule has 3 heterocycles. The van der Waals surface area contributed by atoms with Crippen LogP contribution in [0.15, 0.2) is 36.7 Å². The van der Waals surface area contributed by atoms with Crippen LogP contribution in [0.2, 0.25) is 0 Å². The number of aromatic nitrogens is 4. The summed E-state index contributed by atoms with van der Waals surface area (Å²) in [5, 5.41) is 10.5. The Morgan fingerprint density at radius 3 is 2.61 bits per heavy atom. The zero-order valence-electron chi connectivity index (χ0n) is 15.5. The molecule has 3 aromatic rings. The number of anilines is 1. The molecular weight excluding hydrogens is 366 g/mol. The van der Waals surface area contributed by atoms with E-state index in [2.05, 4.69) is 20.7 Å². The Labute approximate surface area is 160 Å². The Morgan fingerprint density at radius 2 is 1.93 bits per heavy atom. The summed E-state index contributed by atoms with van der Waals surface area (Å²) in [6.45, 7) is 0. The normalized spacial score (nSPS) is 19.9. The van der Waals surface area contributed by atoms with Crippen LogP contribution in [0.5, 0.6) is 0 Å². The van der Waals surface area contributed by atoms with E-state index in [0.717, 1.165) is 31.5 Å². The molecular formula is C19H22F2N6O. The Balaban J connectivity index is 1.36. The minimum Gasteiger partial charge on any atom is -0.368 e. The van der Waals surface area contributed by atoms with Gasteiger partial charge < -0.3 is 10.6 Å². The molecule has 0 unspecified atom stereocenters. The summed E-state index contributed by atoms with van der Waals surface area (Å²) in [4.78, 5) is 16.3. The summed E-state index contributed by atoms with van der Waals surface area (Å²) in [6.07, 6.45) is 3.85. The molecule has 1 aliphatic carbocycles. The highest BCUT2D eigenvalue weighted by atomic mass is 19.3. The number of nitrogens with zero attached hydrogens (tertiary/aromatic N) is 4. The summed E-state index contributed by atoms with van der Waals surface area (Å²) in [5.41, 5.74) is 0.815. The molecule has 1 fully saturated rings. The molecule has 0 atom stereocenters. The Bertz CT molecular complexity index is 974. The minimum atomic E-state index is -2.59. The molecule has 0 bridgehead atoms. The lowest BCUT2D eigenvalue weighted by Crippen LogP contribution is -2.40. The Morgan fingerprint density at radius 1 is 1.18 bits per heavy atom. The molecule has 1 saturated carbocycles. The average Bonchev–Trinajstić information content (AvgIpc) is 3.30. The Hall–Kier alpha value is -2.97. The molecule has 0 spiro atoms. The predicted octanol–water partition coefficient (Wildman–Crippen LogP) is 3.16. The van der Waals surface area contributed by atoms with Crippen LogP contribution in [0, 0.1) is 0 Å². The van der Waals surface area contributed by atoms with Crippen LogP contribution in [-0.4, -0.2) is 37.2 Å². The van der Waals surface area contributed by atoms with Crippen LogP contribution >= 0.6 is 0 Å². The molecule has 1 amide bonds. The van der Waals surface area contributed by atoms with Gasteiger partial charge in [0, 0.05) is 31.5 Å². The van der Waals surface area contributed by atoms with Gasteiger partial charge in [0.15, 0.2) is 0 Å². The molecule has 0 aromatic carbocycles. The van der Waals surface area contributed by atoms with Crippen molar-refractivity contribution >= 4 is 17.4 Å².